The van der Waals surface area contributed by atoms with Gasteiger partial charge in [-0.25, -0.2) is 0 Å². The zero-order valence-corrected chi connectivity index (χ0v) is 15.4. The van der Waals surface area contributed by atoms with E-state index in [0.29, 0.717) is 12.5 Å². The zero-order valence-electron chi connectivity index (χ0n) is 13.8. The molecule has 0 aromatic heterocycles. The Morgan fingerprint density at radius 1 is 1.22 bits per heavy atom. The summed E-state index contributed by atoms with van der Waals surface area (Å²) in [6.07, 6.45) is 5.35. The summed E-state index contributed by atoms with van der Waals surface area (Å²) in [5.41, 5.74) is 6.00. The van der Waals surface area contributed by atoms with Crippen LogP contribution in [0.5, 0.6) is 0 Å². The summed E-state index contributed by atoms with van der Waals surface area (Å²) in [4.78, 5) is 16.5. The number of benzene rings is 1. The van der Waals surface area contributed by atoms with Gasteiger partial charge in [0.05, 0.1) is 4.75 Å². The summed E-state index contributed by atoms with van der Waals surface area (Å²) in [6, 6.07) is 10.4. The molecule has 3 rings (SSSR count). The van der Waals surface area contributed by atoms with Crippen molar-refractivity contribution in [2.75, 3.05) is 19.6 Å². The molecule has 0 radical (unpaired) electrons. The fourth-order valence-electron chi connectivity index (χ4n) is 3.67. The molecule has 5 heteroatoms. The average Bonchev–Trinajstić information content (AvgIpc) is 3.16. The number of halogens is 1. The maximum absolute atomic E-state index is 13.2. The molecule has 2 fully saturated rings. The quantitative estimate of drug-likeness (QED) is 0.896. The summed E-state index contributed by atoms with van der Waals surface area (Å²) in [7, 11) is 0. The summed E-state index contributed by atoms with van der Waals surface area (Å²) in [5.74, 6) is 0.344. The molecule has 1 heterocycles. The lowest BCUT2D eigenvalue weighted by atomic mass is 9.90. The van der Waals surface area contributed by atoms with Crippen molar-refractivity contribution in [1.82, 2.24) is 4.90 Å². The maximum atomic E-state index is 13.2. The fraction of sp³-hybridized carbons (Fsp3) is 0.611. The number of carbonyl (C=O) groups is 1. The van der Waals surface area contributed by atoms with Crippen LogP contribution < -0.4 is 5.73 Å². The summed E-state index contributed by atoms with van der Waals surface area (Å²) in [6.45, 7) is 4.55. The number of likely N-dealkylation sites (tertiary alicyclic amines) is 1. The van der Waals surface area contributed by atoms with E-state index in [1.807, 2.05) is 6.07 Å². The molecule has 3 nitrogen and oxygen atoms in total. The van der Waals surface area contributed by atoms with E-state index in [1.54, 1.807) is 11.8 Å². The SMILES string of the molecule is CC1(CN)CCN(C(=O)C2(Sc3ccccc3)CCCC2)C1.Cl. The third kappa shape index (κ3) is 3.86. The first-order valence-electron chi connectivity index (χ1n) is 8.31. The van der Waals surface area contributed by atoms with E-state index in [-0.39, 0.29) is 22.6 Å². The van der Waals surface area contributed by atoms with Crippen LogP contribution in [-0.2, 0) is 4.79 Å². The first kappa shape index (κ1) is 18.6. The Hall–Kier alpha value is -0.710. The Balaban J connectivity index is 0.00000192. The van der Waals surface area contributed by atoms with E-state index in [1.165, 1.54) is 4.90 Å². The second kappa shape index (κ2) is 7.45. The normalized spacial score (nSPS) is 26.1. The number of amides is 1. The smallest absolute Gasteiger partial charge is 0.239 e. The number of hydrogen-bond acceptors (Lipinski definition) is 3. The van der Waals surface area contributed by atoms with Crippen LogP contribution in [-0.4, -0.2) is 35.2 Å². The van der Waals surface area contributed by atoms with Gasteiger partial charge >= 0.3 is 0 Å². The highest BCUT2D eigenvalue weighted by molar-refractivity contribution is 8.01. The molecule has 1 unspecified atom stereocenters. The molecule has 1 aliphatic carbocycles. The van der Waals surface area contributed by atoms with Crippen molar-refractivity contribution < 1.29 is 4.79 Å². The van der Waals surface area contributed by atoms with E-state index in [9.17, 15) is 4.79 Å². The monoisotopic (exact) mass is 354 g/mol. The third-order valence-electron chi connectivity index (χ3n) is 5.20. The van der Waals surface area contributed by atoms with Crippen LogP contribution >= 0.6 is 24.2 Å². The van der Waals surface area contributed by atoms with Crippen LogP contribution in [0, 0.1) is 5.41 Å². The maximum Gasteiger partial charge on any atom is 0.239 e. The van der Waals surface area contributed by atoms with E-state index in [0.717, 1.165) is 45.2 Å². The molecule has 1 atom stereocenters. The van der Waals surface area contributed by atoms with Crippen molar-refractivity contribution in [2.24, 2.45) is 11.1 Å². The summed E-state index contributed by atoms with van der Waals surface area (Å²) in [5, 5.41) is 0. The minimum atomic E-state index is -0.249. The molecule has 128 valence electrons. The molecular formula is C18H27ClN2OS. The number of nitrogens with two attached hydrogens (primary N) is 1. The van der Waals surface area contributed by atoms with Crippen molar-refractivity contribution in [2.45, 2.75) is 48.7 Å². The van der Waals surface area contributed by atoms with Crippen molar-refractivity contribution in [3.05, 3.63) is 30.3 Å². The summed E-state index contributed by atoms with van der Waals surface area (Å²) < 4.78 is -0.249. The largest absolute Gasteiger partial charge is 0.341 e. The molecule has 1 aromatic carbocycles. The van der Waals surface area contributed by atoms with Gasteiger partial charge in [-0.3, -0.25) is 4.79 Å². The number of nitrogens with zero attached hydrogens (tertiary/aromatic N) is 1. The van der Waals surface area contributed by atoms with Crippen LogP contribution in [0.25, 0.3) is 0 Å². The predicted molar refractivity (Wildman–Crippen MR) is 99.1 cm³/mol. The second-order valence-electron chi connectivity index (χ2n) is 7.11. The molecule has 1 saturated carbocycles. The van der Waals surface area contributed by atoms with Crippen LogP contribution in [0.1, 0.15) is 39.0 Å². The molecule has 2 N–H and O–H groups in total. The Morgan fingerprint density at radius 3 is 2.43 bits per heavy atom. The predicted octanol–water partition coefficient (Wildman–Crippen LogP) is 3.71. The minimum absolute atomic E-state index is 0. The van der Waals surface area contributed by atoms with Gasteiger partial charge in [0.2, 0.25) is 5.91 Å². The van der Waals surface area contributed by atoms with Gasteiger partial charge in [-0.05, 0) is 43.4 Å². The van der Waals surface area contributed by atoms with Gasteiger partial charge in [0.15, 0.2) is 0 Å². The van der Waals surface area contributed by atoms with Gasteiger partial charge in [0.25, 0.3) is 0 Å². The first-order valence-corrected chi connectivity index (χ1v) is 9.12. The molecule has 0 spiro atoms. The van der Waals surface area contributed by atoms with Gasteiger partial charge < -0.3 is 10.6 Å². The van der Waals surface area contributed by atoms with E-state index >= 15 is 0 Å². The van der Waals surface area contributed by atoms with E-state index in [2.05, 4.69) is 36.1 Å². The highest BCUT2D eigenvalue weighted by Crippen LogP contribution is 2.47. The Bertz CT molecular complexity index is 533. The number of carbonyl (C=O) groups excluding carboxylic acids is 1. The van der Waals surface area contributed by atoms with E-state index < -0.39 is 0 Å². The van der Waals surface area contributed by atoms with Gasteiger partial charge in [0, 0.05) is 18.0 Å². The van der Waals surface area contributed by atoms with Gasteiger partial charge in [-0.1, -0.05) is 38.0 Å². The van der Waals surface area contributed by atoms with Crippen molar-refractivity contribution in [3.63, 3.8) is 0 Å². The lowest BCUT2D eigenvalue weighted by Crippen LogP contribution is -2.45. The minimum Gasteiger partial charge on any atom is -0.341 e. The topological polar surface area (TPSA) is 46.3 Å². The zero-order chi connectivity index (χ0) is 15.6. The molecule has 0 bridgehead atoms. The highest BCUT2D eigenvalue weighted by atomic mass is 35.5. The van der Waals surface area contributed by atoms with Crippen LogP contribution in [0.3, 0.4) is 0 Å². The van der Waals surface area contributed by atoms with Crippen molar-refractivity contribution in [1.29, 1.82) is 0 Å². The molecule has 23 heavy (non-hydrogen) atoms. The van der Waals surface area contributed by atoms with Gasteiger partial charge in [-0.2, -0.15) is 0 Å². The molecule has 1 aromatic rings. The molecule has 1 amide bonds. The Labute approximate surface area is 149 Å². The lowest BCUT2D eigenvalue weighted by molar-refractivity contribution is -0.133. The van der Waals surface area contributed by atoms with Crippen molar-refractivity contribution in [3.8, 4) is 0 Å². The Morgan fingerprint density at radius 2 is 1.87 bits per heavy atom. The summed E-state index contributed by atoms with van der Waals surface area (Å²) >= 11 is 1.78. The van der Waals surface area contributed by atoms with Crippen LogP contribution in [0.2, 0.25) is 0 Å². The van der Waals surface area contributed by atoms with Gasteiger partial charge in [-0.15, -0.1) is 24.2 Å². The number of thioether (sulfide) groups is 1. The van der Waals surface area contributed by atoms with Crippen molar-refractivity contribution >= 4 is 30.1 Å². The third-order valence-corrected chi connectivity index (χ3v) is 6.68. The lowest BCUT2D eigenvalue weighted by Gasteiger charge is -2.33. The van der Waals surface area contributed by atoms with Crippen LogP contribution in [0.4, 0.5) is 0 Å². The molecule has 1 aliphatic heterocycles. The number of hydrogen-bond donors (Lipinski definition) is 1. The standard InChI is InChI=1S/C18H26N2OS.ClH/c1-17(13-19)11-12-20(14-17)16(21)18(9-5-6-10-18)22-15-7-3-2-4-8-15;/h2-4,7-8H,5-6,9-14,19H2,1H3;1H. The van der Waals surface area contributed by atoms with Gasteiger partial charge in [0.1, 0.15) is 0 Å². The number of rotatable bonds is 4. The first-order chi connectivity index (χ1) is 10.6. The molecule has 2 aliphatic rings. The van der Waals surface area contributed by atoms with Crippen LogP contribution in [0.15, 0.2) is 35.2 Å². The molecule has 1 saturated heterocycles. The van der Waals surface area contributed by atoms with E-state index in [4.69, 9.17) is 5.73 Å². The Kier molecular flexibility index (Phi) is 6.04. The average molecular weight is 355 g/mol. The fourth-order valence-corrected chi connectivity index (χ4v) is 5.13. The second-order valence-corrected chi connectivity index (χ2v) is 8.57. The highest BCUT2D eigenvalue weighted by Gasteiger charge is 2.47. The molecular weight excluding hydrogens is 328 g/mol.